The average Bonchev–Trinajstić information content (AvgIpc) is 2.51. The van der Waals surface area contributed by atoms with Gasteiger partial charge in [0.25, 0.3) is 0 Å². The second-order valence-electron chi connectivity index (χ2n) is 5.06. The summed E-state index contributed by atoms with van der Waals surface area (Å²) >= 11 is 0. The minimum atomic E-state index is -0.221. The molecule has 0 bridgehead atoms. The number of aryl methyl sites for hydroxylation is 1. The quantitative estimate of drug-likeness (QED) is 0.747. The maximum atomic E-state index is 13.3. The van der Waals surface area contributed by atoms with Gasteiger partial charge in [0.05, 0.1) is 6.10 Å². The fourth-order valence-corrected chi connectivity index (χ4v) is 2.31. The molecule has 0 aliphatic carbocycles. The summed E-state index contributed by atoms with van der Waals surface area (Å²) in [5.74, 6) is -0.221. The summed E-state index contributed by atoms with van der Waals surface area (Å²) in [6.07, 6.45) is 1.84. The molecule has 2 rings (SSSR count). The number of hydrogen-bond donors (Lipinski definition) is 1. The van der Waals surface area contributed by atoms with Gasteiger partial charge in [0.1, 0.15) is 5.82 Å². The first kappa shape index (κ1) is 15.7. The van der Waals surface area contributed by atoms with Crippen molar-refractivity contribution >= 4 is 0 Å². The molecular weight excluding hydrogens is 265 g/mol. The van der Waals surface area contributed by atoms with Crippen LogP contribution >= 0.6 is 0 Å². The highest BCUT2D eigenvalue weighted by Gasteiger charge is 2.11. The first-order chi connectivity index (χ1) is 10.3. The second kappa shape index (κ2) is 8.55. The molecule has 0 radical (unpaired) electrons. The highest BCUT2D eigenvalue weighted by atomic mass is 19.1. The Morgan fingerprint density at radius 3 is 2.62 bits per heavy atom. The Morgan fingerprint density at radius 1 is 1.10 bits per heavy atom. The Bertz CT molecular complexity index is 530. The van der Waals surface area contributed by atoms with Gasteiger partial charge in [-0.15, -0.1) is 0 Å². The van der Waals surface area contributed by atoms with Crippen molar-refractivity contribution < 1.29 is 9.13 Å². The SMILES string of the molecule is CNCC(OCCCc1ccccc1)c1cccc(F)c1. The van der Waals surface area contributed by atoms with Crippen LogP contribution in [0.1, 0.15) is 23.7 Å². The Morgan fingerprint density at radius 2 is 1.90 bits per heavy atom. The lowest BCUT2D eigenvalue weighted by Crippen LogP contribution is -2.20. The van der Waals surface area contributed by atoms with Crippen LogP contribution in [0.3, 0.4) is 0 Å². The summed E-state index contributed by atoms with van der Waals surface area (Å²) < 4.78 is 19.2. The number of halogens is 1. The molecule has 2 nitrogen and oxygen atoms in total. The van der Waals surface area contributed by atoms with Crippen molar-refractivity contribution in [1.82, 2.24) is 5.32 Å². The first-order valence-corrected chi connectivity index (χ1v) is 7.35. The van der Waals surface area contributed by atoms with Crippen molar-refractivity contribution in [3.05, 3.63) is 71.5 Å². The zero-order valence-corrected chi connectivity index (χ0v) is 12.4. The summed E-state index contributed by atoms with van der Waals surface area (Å²) in [5.41, 5.74) is 2.20. The van der Waals surface area contributed by atoms with Crippen molar-refractivity contribution in [3.63, 3.8) is 0 Å². The van der Waals surface area contributed by atoms with Crippen LogP contribution in [0, 0.1) is 5.82 Å². The highest BCUT2D eigenvalue weighted by Crippen LogP contribution is 2.18. The molecule has 2 aromatic rings. The average molecular weight is 287 g/mol. The number of ether oxygens (including phenoxy) is 1. The number of benzene rings is 2. The predicted octanol–water partition coefficient (Wildman–Crippen LogP) is 3.74. The van der Waals surface area contributed by atoms with Gasteiger partial charge in [0.2, 0.25) is 0 Å². The van der Waals surface area contributed by atoms with E-state index in [0.29, 0.717) is 13.2 Å². The summed E-state index contributed by atoms with van der Waals surface area (Å²) in [6, 6.07) is 17.0. The predicted molar refractivity (Wildman–Crippen MR) is 83.8 cm³/mol. The van der Waals surface area contributed by atoms with Crippen molar-refractivity contribution in [2.24, 2.45) is 0 Å². The van der Waals surface area contributed by atoms with Gasteiger partial charge in [0, 0.05) is 13.2 Å². The molecule has 0 heterocycles. The van der Waals surface area contributed by atoms with Crippen molar-refractivity contribution in [1.29, 1.82) is 0 Å². The molecule has 0 saturated heterocycles. The molecular formula is C18H22FNO. The molecule has 0 aromatic heterocycles. The lowest BCUT2D eigenvalue weighted by molar-refractivity contribution is 0.0522. The Kier molecular flexibility index (Phi) is 6.38. The number of nitrogens with one attached hydrogen (secondary N) is 1. The Labute approximate surface area is 126 Å². The second-order valence-corrected chi connectivity index (χ2v) is 5.06. The maximum Gasteiger partial charge on any atom is 0.123 e. The molecule has 0 spiro atoms. The van der Waals surface area contributed by atoms with E-state index in [1.54, 1.807) is 12.1 Å². The third-order valence-electron chi connectivity index (χ3n) is 3.38. The summed E-state index contributed by atoms with van der Waals surface area (Å²) in [4.78, 5) is 0. The lowest BCUT2D eigenvalue weighted by Gasteiger charge is -2.18. The van der Waals surface area contributed by atoms with Crippen LogP contribution in [-0.4, -0.2) is 20.2 Å². The van der Waals surface area contributed by atoms with Crippen molar-refractivity contribution in [2.45, 2.75) is 18.9 Å². The minimum absolute atomic E-state index is 0.110. The Hall–Kier alpha value is -1.71. The monoisotopic (exact) mass is 287 g/mol. The zero-order valence-electron chi connectivity index (χ0n) is 12.4. The third-order valence-corrected chi connectivity index (χ3v) is 3.38. The van der Waals surface area contributed by atoms with Crippen LogP contribution in [0.15, 0.2) is 54.6 Å². The van der Waals surface area contributed by atoms with E-state index in [-0.39, 0.29) is 11.9 Å². The zero-order chi connectivity index (χ0) is 14.9. The van der Waals surface area contributed by atoms with Crippen LogP contribution in [0.4, 0.5) is 4.39 Å². The molecule has 1 N–H and O–H groups in total. The standard InChI is InChI=1S/C18H22FNO/c1-20-14-18(16-10-5-11-17(19)13-16)21-12-6-9-15-7-3-2-4-8-15/h2-5,7-8,10-11,13,18,20H,6,9,12,14H2,1H3. The molecule has 3 heteroatoms. The normalized spacial score (nSPS) is 12.3. The molecule has 21 heavy (non-hydrogen) atoms. The van der Waals surface area contributed by atoms with Crippen LogP contribution < -0.4 is 5.32 Å². The van der Waals surface area contributed by atoms with E-state index in [9.17, 15) is 4.39 Å². The first-order valence-electron chi connectivity index (χ1n) is 7.35. The largest absolute Gasteiger partial charge is 0.372 e. The summed E-state index contributed by atoms with van der Waals surface area (Å²) in [5, 5.41) is 3.10. The molecule has 0 aliphatic heterocycles. The minimum Gasteiger partial charge on any atom is -0.372 e. The van der Waals surface area contributed by atoms with Gasteiger partial charge in [-0.3, -0.25) is 0 Å². The van der Waals surface area contributed by atoms with E-state index >= 15 is 0 Å². The van der Waals surface area contributed by atoms with Gasteiger partial charge in [-0.05, 0) is 43.1 Å². The molecule has 1 atom stereocenters. The van der Waals surface area contributed by atoms with E-state index < -0.39 is 0 Å². The fourth-order valence-electron chi connectivity index (χ4n) is 2.31. The topological polar surface area (TPSA) is 21.3 Å². The van der Waals surface area contributed by atoms with Gasteiger partial charge in [0.15, 0.2) is 0 Å². The van der Waals surface area contributed by atoms with Crippen LogP contribution in [0.2, 0.25) is 0 Å². The fraction of sp³-hybridized carbons (Fsp3) is 0.333. The molecule has 1 unspecified atom stereocenters. The van der Waals surface area contributed by atoms with Gasteiger partial charge in [-0.2, -0.15) is 0 Å². The van der Waals surface area contributed by atoms with E-state index in [1.165, 1.54) is 11.6 Å². The molecule has 0 saturated carbocycles. The van der Waals surface area contributed by atoms with Crippen molar-refractivity contribution in [3.8, 4) is 0 Å². The van der Waals surface area contributed by atoms with Crippen molar-refractivity contribution in [2.75, 3.05) is 20.2 Å². The van der Waals surface area contributed by atoms with Crippen LogP contribution in [0.5, 0.6) is 0 Å². The maximum absolute atomic E-state index is 13.3. The molecule has 2 aromatic carbocycles. The van der Waals surface area contributed by atoms with E-state index in [0.717, 1.165) is 18.4 Å². The van der Waals surface area contributed by atoms with E-state index in [1.807, 2.05) is 31.3 Å². The van der Waals surface area contributed by atoms with Gasteiger partial charge >= 0.3 is 0 Å². The van der Waals surface area contributed by atoms with E-state index in [2.05, 4.69) is 17.4 Å². The third kappa shape index (κ3) is 5.29. The summed E-state index contributed by atoms with van der Waals surface area (Å²) in [7, 11) is 1.87. The van der Waals surface area contributed by atoms with Gasteiger partial charge in [-0.1, -0.05) is 42.5 Å². The smallest absolute Gasteiger partial charge is 0.123 e. The number of rotatable bonds is 8. The summed E-state index contributed by atoms with van der Waals surface area (Å²) in [6.45, 7) is 1.34. The molecule has 0 fully saturated rings. The van der Waals surface area contributed by atoms with Gasteiger partial charge < -0.3 is 10.1 Å². The Balaban J connectivity index is 1.83. The number of likely N-dealkylation sites (N-methyl/N-ethyl adjacent to an activating group) is 1. The number of hydrogen-bond acceptors (Lipinski definition) is 2. The highest BCUT2D eigenvalue weighted by molar-refractivity contribution is 5.19. The van der Waals surface area contributed by atoms with Gasteiger partial charge in [-0.25, -0.2) is 4.39 Å². The molecule has 112 valence electrons. The lowest BCUT2D eigenvalue weighted by atomic mass is 10.1. The van der Waals surface area contributed by atoms with Crippen LogP contribution in [0.25, 0.3) is 0 Å². The molecule has 0 amide bonds. The van der Waals surface area contributed by atoms with Crippen LogP contribution in [-0.2, 0) is 11.2 Å². The van der Waals surface area contributed by atoms with E-state index in [4.69, 9.17) is 4.74 Å². The molecule has 0 aliphatic rings.